The number of methoxy groups -OCH3 is 1. The third-order valence-corrected chi connectivity index (χ3v) is 4.56. The molecule has 0 aromatic heterocycles. The zero-order chi connectivity index (χ0) is 17.6. The minimum absolute atomic E-state index is 0.0880. The van der Waals surface area contributed by atoms with Crippen LogP contribution >= 0.6 is 0 Å². The predicted molar refractivity (Wildman–Crippen MR) is 97.5 cm³/mol. The Labute approximate surface area is 148 Å². The van der Waals surface area contributed by atoms with Crippen molar-refractivity contribution in [3.63, 3.8) is 0 Å². The van der Waals surface area contributed by atoms with Crippen LogP contribution in [0.15, 0.2) is 48.5 Å². The maximum Gasteiger partial charge on any atom is 0.249 e. The van der Waals surface area contributed by atoms with Gasteiger partial charge in [0.05, 0.1) is 13.7 Å². The molecule has 1 atom stereocenters. The van der Waals surface area contributed by atoms with Crippen molar-refractivity contribution in [2.24, 2.45) is 0 Å². The Hall–Kier alpha value is -2.53. The number of anilines is 1. The average molecular weight is 340 g/mol. The average Bonchev–Trinajstić information content (AvgIpc) is 3.21. The molecule has 0 radical (unpaired) electrons. The first kappa shape index (κ1) is 17.3. The number of hydrogen-bond donors (Lipinski definition) is 2. The number of likely N-dealkylation sites (tertiary alicyclic amines) is 1. The minimum Gasteiger partial charge on any atom is -0.496 e. The van der Waals surface area contributed by atoms with E-state index in [0.717, 1.165) is 37.2 Å². The molecule has 2 aromatic carbocycles. The molecule has 1 heterocycles. The van der Waals surface area contributed by atoms with Gasteiger partial charge in [0, 0.05) is 24.3 Å². The number of amides is 1. The van der Waals surface area contributed by atoms with Crippen molar-refractivity contribution < 1.29 is 14.6 Å². The number of nitrogens with one attached hydrogen (secondary N) is 1. The van der Waals surface area contributed by atoms with Crippen molar-refractivity contribution in [3.8, 4) is 5.75 Å². The molecular weight excluding hydrogens is 316 g/mol. The summed E-state index contributed by atoms with van der Waals surface area (Å²) < 4.78 is 5.25. The largest absolute Gasteiger partial charge is 0.496 e. The summed E-state index contributed by atoms with van der Waals surface area (Å²) in [5, 5.41) is 12.9. The SMILES string of the molecule is COc1ccc(NC(C(=O)N2CCCC2)c2ccccc2)cc1CO. The van der Waals surface area contributed by atoms with Crippen molar-refractivity contribution >= 4 is 11.6 Å². The van der Waals surface area contributed by atoms with Gasteiger partial charge in [-0.1, -0.05) is 30.3 Å². The predicted octanol–water partition coefficient (Wildman–Crippen LogP) is 2.96. The van der Waals surface area contributed by atoms with Gasteiger partial charge in [-0.15, -0.1) is 0 Å². The maximum atomic E-state index is 13.0. The number of benzene rings is 2. The van der Waals surface area contributed by atoms with Crippen LogP contribution in [-0.4, -0.2) is 36.1 Å². The molecule has 0 spiro atoms. The quantitative estimate of drug-likeness (QED) is 0.849. The lowest BCUT2D eigenvalue weighted by Gasteiger charge is -2.25. The normalized spacial score (nSPS) is 15.0. The first-order valence-electron chi connectivity index (χ1n) is 8.61. The molecule has 132 valence electrons. The zero-order valence-corrected chi connectivity index (χ0v) is 14.4. The highest BCUT2D eigenvalue weighted by Crippen LogP contribution is 2.27. The standard InChI is InChI=1S/C20H24N2O3/c1-25-18-10-9-17(13-16(18)14-23)21-19(15-7-3-2-4-8-15)20(24)22-11-5-6-12-22/h2-4,7-10,13,19,21,23H,5-6,11-12,14H2,1H3. The molecule has 5 nitrogen and oxygen atoms in total. The van der Waals surface area contributed by atoms with Crippen molar-refractivity contribution in [1.82, 2.24) is 4.90 Å². The molecule has 1 saturated heterocycles. The van der Waals surface area contributed by atoms with Crippen molar-refractivity contribution in [3.05, 3.63) is 59.7 Å². The third-order valence-electron chi connectivity index (χ3n) is 4.56. The molecule has 3 rings (SSSR count). The highest BCUT2D eigenvalue weighted by atomic mass is 16.5. The summed E-state index contributed by atoms with van der Waals surface area (Å²) in [4.78, 5) is 14.9. The summed E-state index contributed by atoms with van der Waals surface area (Å²) in [5.74, 6) is 0.722. The van der Waals surface area contributed by atoms with Gasteiger partial charge >= 0.3 is 0 Å². The molecule has 1 fully saturated rings. The van der Waals surface area contributed by atoms with Gasteiger partial charge in [0.25, 0.3) is 0 Å². The van der Waals surface area contributed by atoms with Crippen LogP contribution in [-0.2, 0) is 11.4 Å². The van der Waals surface area contributed by atoms with Gasteiger partial charge in [-0.25, -0.2) is 0 Å². The number of aliphatic hydroxyl groups excluding tert-OH is 1. The second kappa shape index (κ2) is 8.03. The fraction of sp³-hybridized carbons (Fsp3) is 0.350. The highest BCUT2D eigenvalue weighted by Gasteiger charge is 2.27. The second-order valence-corrected chi connectivity index (χ2v) is 6.21. The first-order chi connectivity index (χ1) is 12.2. The summed E-state index contributed by atoms with van der Waals surface area (Å²) in [6.07, 6.45) is 2.12. The van der Waals surface area contributed by atoms with E-state index >= 15 is 0 Å². The summed E-state index contributed by atoms with van der Waals surface area (Å²) in [5.41, 5.74) is 2.40. The number of aliphatic hydroxyl groups is 1. The van der Waals surface area contributed by atoms with Gasteiger partial charge in [0.1, 0.15) is 11.8 Å². The fourth-order valence-electron chi connectivity index (χ4n) is 3.21. The van der Waals surface area contributed by atoms with E-state index in [1.165, 1.54) is 0 Å². The lowest BCUT2D eigenvalue weighted by Crippen LogP contribution is -2.36. The molecule has 5 heteroatoms. The molecule has 2 N–H and O–H groups in total. The Kier molecular flexibility index (Phi) is 5.56. The molecule has 1 unspecified atom stereocenters. The van der Waals surface area contributed by atoms with E-state index in [9.17, 15) is 9.90 Å². The van der Waals surface area contributed by atoms with Gasteiger partial charge in [-0.2, -0.15) is 0 Å². The molecule has 25 heavy (non-hydrogen) atoms. The van der Waals surface area contributed by atoms with Crippen molar-refractivity contribution in [2.45, 2.75) is 25.5 Å². The van der Waals surface area contributed by atoms with E-state index in [1.807, 2.05) is 47.4 Å². The van der Waals surface area contributed by atoms with Crippen molar-refractivity contribution in [2.75, 3.05) is 25.5 Å². The Morgan fingerprint density at radius 2 is 1.92 bits per heavy atom. The van der Waals surface area contributed by atoms with Crippen LogP contribution in [0.3, 0.4) is 0 Å². The Balaban J connectivity index is 1.88. The first-order valence-corrected chi connectivity index (χ1v) is 8.61. The number of nitrogens with zero attached hydrogens (tertiary/aromatic N) is 1. The van der Waals surface area contributed by atoms with Crippen LogP contribution in [0.1, 0.15) is 30.0 Å². The monoisotopic (exact) mass is 340 g/mol. The topological polar surface area (TPSA) is 61.8 Å². The molecule has 0 aliphatic carbocycles. The van der Waals surface area contributed by atoms with Crippen LogP contribution < -0.4 is 10.1 Å². The van der Waals surface area contributed by atoms with Gasteiger partial charge in [0.15, 0.2) is 0 Å². The molecule has 2 aromatic rings. The van der Waals surface area contributed by atoms with E-state index in [2.05, 4.69) is 5.32 Å². The molecule has 0 saturated carbocycles. The van der Waals surface area contributed by atoms with E-state index in [0.29, 0.717) is 11.3 Å². The molecule has 1 aliphatic rings. The summed E-state index contributed by atoms with van der Waals surface area (Å²) in [6.45, 7) is 1.51. The highest BCUT2D eigenvalue weighted by molar-refractivity contribution is 5.86. The van der Waals surface area contributed by atoms with Crippen LogP contribution in [0.2, 0.25) is 0 Å². The Morgan fingerprint density at radius 3 is 2.56 bits per heavy atom. The molecule has 1 amide bonds. The lowest BCUT2D eigenvalue weighted by molar-refractivity contribution is -0.131. The number of carbonyl (C=O) groups excluding carboxylic acids is 1. The van der Waals surface area contributed by atoms with Gasteiger partial charge in [-0.3, -0.25) is 4.79 Å². The fourth-order valence-corrected chi connectivity index (χ4v) is 3.21. The van der Waals surface area contributed by atoms with E-state index in [-0.39, 0.29) is 12.5 Å². The van der Waals surface area contributed by atoms with Gasteiger partial charge in [-0.05, 0) is 36.6 Å². The summed E-state index contributed by atoms with van der Waals surface area (Å²) in [6, 6.07) is 14.8. The molecular formula is C20H24N2O3. The number of rotatable bonds is 6. The molecule has 1 aliphatic heterocycles. The van der Waals surface area contributed by atoms with E-state index < -0.39 is 6.04 Å². The van der Waals surface area contributed by atoms with Crippen LogP contribution in [0.4, 0.5) is 5.69 Å². The van der Waals surface area contributed by atoms with Gasteiger partial charge in [0.2, 0.25) is 5.91 Å². The third kappa shape index (κ3) is 3.94. The van der Waals surface area contributed by atoms with E-state index in [1.54, 1.807) is 13.2 Å². The van der Waals surface area contributed by atoms with Crippen LogP contribution in [0, 0.1) is 0 Å². The molecule has 0 bridgehead atoms. The zero-order valence-electron chi connectivity index (χ0n) is 14.4. The summed E-state index contributed by atoms with van der Waals surface area (Å²) >= 11 is 0. The number of ether oxygens (including phenoxy) is 1. The lowest BCUT2D eigenvalue weighted by atomic mass is 10.0. The minimum atomic E-state index is -0.445. The smallest absolute Gasteiger partial charge is 0.249 e. The summed E-state index contributed by atoms with van der Waals surface area (Å²) in [7, 11) is 1.57. The van der Waals surface area contributed by atoms with Crippen LogP contribution in [0.25, 0.3) is 0 Å². The van der Waals surface area contributed by atoms with Crippen molar-refractivity contribution in [1.29, 1.82) is 0 Å². The van der Waals surface area contributed by atoms with Gasteiger partial charge < -0.3 is 20.1 Å². The Morgan fingerprint density at radius 1 is 1.20 bits per heavy atom. The maximum absolute atomic E-state index is 13.0. The number of carbonyl (C=O) groups is 1. The second-order valence-electron chi connectivity index (χ2n) is 6.21. The Bertz CT molecular complexity index is 712. The number of hydrogen-bond acceptors (Lipinski definition) is 4. The van der Waals surface area contributed by atoms with Crippen LogP contribution in [0.5, 0.6) is 5.75 Å². The van der Waals surface area contributed by atoms with E-state index in [4.69, 9.17) is 4.74 Å².